The second-order valence-electron chi connectivity index (χ2n) is 6.79. The first-order valence-electron chi connectivity index (χ1n) is 9.53. The molecule has 0 aromatic heterocycles. The summed E-state index contributed by atoms with van der Waals surface area (Å²) < 4.78 is 37.4. The van der Waals surface area contributed by atoms with Gasteiger partial charge in [-0.2, -0.15) is 0 Å². The number of halogens is 1. The number of amides is 1. The number of carbonyl (C=O) groups excluding carboxylic acids is 1. The van der Waals surface area contributed by atoms with Crippen LogP contribution in [-0.2, 0) is 14.8 Å². The number of carbonyl (C=O) groups is 1. The van der Waals surface area contributed by atoms with Crippen molar-refractivity contribution >= 4 is 33.2 Å². The van der Waals surface area contributed by atoms with Crippen LogP contribution in [0.15, 0.2) is 41.3 Å². The lowest BCUT2D eigenvalue weighted by Crippen LogP contribution is -2.23. The summed E-state index contributed by atoms with van der Waals surface area (Å²) in [7, 11) is -0.833. The van der Waals surface area contributed by atoms with Crippen LogP contribution in [0.4, 0.5) is 5.69 Å². The van der Waals surface area contributed by atoms with Crippen molar-refractivity contribution in [2.45, 2.75) is 31.6 Å². The van der Waals surface area contributed by atoms with Gasteiger partial charge in [-0.1, -0.05) is 11.6 Å². The van der Waals surface area contributed by atoms with E-state index in [9.17, 15) is 13.2 Å². The molecule has 0 spiro atoms. The predicted molar refractivity (Wildman–Crippen MR) is 118 cm³/mol. The SMILES string of the molecule is CCOc1ccc(NC(=O)CCCOc2ccc(Cl)cc2C)cc1S(=O)(=O)N(C)C. The molecule has 0 unspecified atom stereocenters. The minimum Gasteiger partial charge on any atom is -0.493 e. The molecule has 0 saturated heterocycles. The van der Waals surface area contributed by atoms with E-state index in [2.05, 4.69) is 5.32 Å². The molecular formula is C21H27ClN2O5S. The number of sulfonamides is 1. The average Bonchev–Trinajstić information content (AvgIpc) is 2.67. The van der Waals surface area contributed by atoms with E-state index in [4.69, 9.17) is 21.1 Å². The number of hydrogen-bond donors (Lipinski definition) is 1. The van der Waals surface area contributed by atoms with Crippen LogP contribution in [0.25, 0.3) is 0 Å². The number of nitrogens with zero attached hydrogens (tertiary/aromatic N) is 1. The number of benzene rings is 2. The third kappa shape index (κ3) is 6.35. The van der Waals surface area contributed by atoms with Crippen LogP contribution in [0, 0.1) is 6.92 Å². The highest BCUT2D eigenvalue weighted by molar-refractivity contribution is 7.89. The number of nitrogens with one attached hydrogen (secondary N) is 1. The Labute approximate surface area is 183 Å². The molecule has 164 valence electrons. The zero-order valence-corrected chi connectivity index (χ0v) is 19.1. The molecule has 0 radical (unpaired) electrons. The topological polar surface area (TPSA) is 84.9 Å². The Morgan fingerprint density at radius 1 is 1.10 bits per heavy atom. The highest BCUT2D eigenvalue weighted by atomic mass is 35.5. The molecule has 0 fully saturated rings. The molecule has 1 N–H and O–H groups in total. The first kappa shape index (κ1) is 24.0. The quantitative estimate of drug-likeness (QED) is 0.546. The Kier molecular flexibility index (Phi) is 8.52. The van der Waals surface area contributed by atoms with Gasteiger partial charge in [-0.15, -0.1) is 0 Å². The summed E-state index contributed by atoms with van der Waals surface area (Å²) in [5, 5.41) is 3.37. The van der Waals surface area contributed by atoms with Crippen molar-refractivity contribution in [3.05, 3.63) is 47.0 Å². The molecule has 0 aliphatic carbocycles. The normalized spacial score (nSPS) is 11.4. The molecule has 9 heteroatoms. The molecule has 7 nitrogen and oxygen atoms in total. The molecule has 0 aliphatic heterocycles. The number of aryl methyl sites for hydroxylation is 1. The van der Waals surface area contributed by atoms with Crippen LogP contribution in [0.3, 0.4) is 0 Å². The Bertz CT molecular complexity index is 993. The Morgan fingerprint density at radius 2 is 1.80 bits per heavy atom. The first-order valence-corrected chi connectivity index (χ1v) is 11.3. The minimum absolute atomic E-state index is 0.00805. The van der Waals surface area contributed by atoms with E-state index in [1.165, 1.54) is 20.2 Å². The van der Waals surface area contributed by atoms with Gasteiger partial charge in [0, 0.05) is 31.2 Å². The molecule has 2 aromatic rings. The van der Waals surface area contributed by atoms with E-state index in [0.717, 1.165) is 15.6 Å². The third-order valence-electron chi connectivity index (χ3n) is 4.23. The molecule has 0 saturated carbocycles. The first-order chi connectivity index (χ1) is 14.1. The maximum absolute atomic E-state index is 12.6. The monoisotopic (exact) mass is 454 g/mol. The highest BCUT2D eigenvalue weighted by Gasteiger charge is 2.23. The second kappa shape index (κ2) is 10.7. The van der Waals surface area contributed by atoms with Crippen molar-refractivity contribution in [3.8, 4) is 11.5 Å². The smallest absolute Gasteiger partial charge is 0.246 e. The fourth-order valence-corrected chi connectivity index (χ4v) is 3.95. The van der Waals surface area contributed by atoms with E-state index < -0.39 is 10.0 Å². The molecule has 2 rings (SSSR count). The minimum atomic E-state index is -3.72. The standard InChI is InChI=1S/C21H27ClN2O5S/c1-5-28-19-11-9-17(14-20(19)30(26,27)24(3)4)23-21(25)7-6-12-29-18-10-8-16(22)13-15(18)2/h8-11,13-14H,5-7,12H2,1-4H3,(H,23,25). The predicted octanol–water partition coefficient (Wildman–Crippen LogP) is 4.10. The van der Waals surface area contributed by atoms with Crippen molar-refractivity contribution in [2.75, 3.05) is 32.6 Å². The summed E-state index contributed by atoms with van der Waals surface area (Å²) in [6.45, 7) is 4.38. The van der Waals surface area contributed by atoms with E-state index in [1.54, 1.807) is 31.2 Å². The summed E-state index contributed by atoms with van der Waals surface area (Å²) >= 11 is 5.92. The van der Waals surface area contributed by atoms with Crippen molar-refractivity contribution in [1.82, 2.24) is 4.31 Å². The third-order valence-corrected chi connectivity index (χ3v) is 6.30. The Balaban J connectivity index is 1.97. The summed E-state index contributed by atoms with van der Waals surface area (Å²) in [5.41, 5.74) is 1.31. The Hall–Kier alpha value is -2.29. The van der Waals surface area contributed by atoms with Crippen molar-refractivity contribution in [2.24, 2.45) is 0 Å². The van der Waals surface area contributed by atoms with Crippen LogP contribution >= 0.6 is 11.6 Å². The van der Waals surface area contributed by atoms with Gasteiger partial charge in [0.05, 0.1) is 13.2 Å². The van der Waals surface area contributed by atoms with E-state index in [-0.39, 0.29) is 23.0 Å². The van der Waals surface area contributed by atoms with Crippen LogP contribution < -0.4 is 14.8 Å². The van der Waals surface area contributed by atoms with Crippen molar-refractivity contribution in [3.63, 3.8) is 0 Å². The van der Waals surface area contributed by atoms with E-state index >= 15 is 0 Å². The van der Waals surface area contributed by atoms with Gasteiger partial charge in [0.25, 0.3) is 0 Å². The maximum atomic E-state index is 12.6. The van der Waals surface area contributed by atoms with Gasteiger partial charge in [-0.3, -0.25) is 4.79 Å². The van der Waals surface area contributed by atoms with Gasteiger partial charge >= 0.3 is 0 Å². The van der Waals surface area contributed by atoms with Gasteiger partial charge in [0.15, 0.2) is 0 Å². The van der Waals surface area contributed by atoms with Crippen LogP contribution in [0.2, 0.25) is 5.02 Å². The number of rotatable bonds is 10. The lowest BCUT2D eigenvalue weighted by molar-refractivity contribution is -0.116. The zero-order chi connectivity index (χ0) is 22.3. The molecule has 0 bridgehead atoms. The van der Waals surface area contributed by atoms with Crippen molar-refractivity contribution < 1.29 is 22.7 Å². The van der Waals surface area contributed by atoms with E-state index in [0.29, 0.717) is 30.3 Å². The zero-order valence-electron chi connectivity index (χ0n) is 17.6. The van der Waals surface area contributed by atoms with Crippen molar-refractivity contribution in [1.29, 1.82) is 0 Å². The highest BCUT2D eigenvalue weighted by Crippen LogP contribution is 2.29. The largest absolute Gasteiger partial charge is 0.493 e. The van der Waals surface area contributed by atoms with Crippen LogP contribution in [0.1, 0.15) is 25.3 Å². The second-order valence-corrected chi connectivity index (χ2v) is 9.35. The molecule has 0 aliphatic rings. The van der Waals surface area contributed by atoms with Gasteiger partial charge < -0.3 is 14.8 Å². The van der Waals surface area contributed by atoms with Gasteiger partial charge in [-0.25, -0.2) is 12.7 Å². The number of hydrogen-bond acceptors (Lipinski definition) is 5. The molecule has 2 aromatic carbocycles. The summed E-state index contributed by atoms with van der Waals surface area (Å²) in [5.74, 6) is 0.740. The van der Waals surface area contributed by atoms with Crippen LogP contribution in [0.5, 0.6) is 11.5 Å². The summed E-state index contributed by atoms with van der Waals surface area (Å²) in [4.78, 5) is 12.3. The maximum Gasteiger partial charge on any atom is 0.246 e. The summed E-state index contributed by atoms with van der Waals surface area (Å²) in [6.07, 6.45) is 0.739. The fraction of sp³-hybridized carbons (Fsp3) is 0.381. The Morgan fingerprint density at radius 3 is 2.43 bits per heavy atom. The van der Waals surface area contributed by atoms with Gasteiger partial charge in [0.1, 0.15) is 16.4 Å². The lowest BCUT2D eigenvalue weighted by Gasteiger charge is -2.16. The fourth-order valence-electron chi connectivity index (χ4n) is 2.67. The molecular weight excluding hydrogens is 428 g/mol. The molecule has 0 heterocycles. The van der Waals surface area contributed by atoms with E-state index in [1.807, 2.05) is 13.0 Å². The van der Waals surface area contributed by atoms with Gasteiger partial charge in [0.2, 0.25) is 15.9 Å². The van der Waals surface area contributed by atoms with Gasteiger partial charge in [-0.05, 0) is 62.2 Å². The number of ether oxygens (including phenoxy) is 2. The molecule has 1 amide bonds. The average molecular weight is 455 g/mol. The van der Waals surface area contributed by atoms with Crippen LogP contribution in [-0.4, -0.2) is 45.9 Å². The summed E-state index contributed by atoms with van der Waals surface area (Å²) in [6, 6.07) is 9.93. The molecule has 0 atom stereocenters. The number of anilines is 1. The lowest BCUT2D eigenvalue weighted by atomic mass is 10.2. The molecule has 30 heavy (non-hydrogen) atoms.